The highest BCUT2D eigenvalue weighted by Crippen LogP contribution is 2.30. The Morgan fingerprint density at radius 2 is 2.21 bits per heavy atom. The summed E-state index contributed by atoms with van der Waals surface area (Å²) in [7, 11) is 1.66. The van der Waals surface area contributed by atoms with Gasteiger partial charge in [0.2, 0.25) is 0 Å². The Morgan fingerprint density at radius 3 is 2.86 bits per heavy atom. The maximum atomic E-state index is 5.32. The number of nitrogens with zero attached hydrogens (tertiary/aromatic N) is 2. The maximum absolute atomic E-state index is 5.32. The topological polar surface area (TPSA) is 50.8 Å². The summed E-state index contributed by atoms with van der Waals surface area (Å²) in [4.78, 5) is 0. The number of hydrogen-bond donors (Lipinski definition) is 1. The molecule has 0 bridgehead atoms. The van der Waals surface area contributed by atoms with Crippen LogP contribution in [-0.2, 0) is 0 Å². The number of para-hydroxylation sites is 1. The molecule has 1 heterocycles. The van der Waals surface area contributed by atoms with Crippen molar-refractivity contribution in [3.8, 4) is 17.0 Å². The van der Waals surface area contributed by atoms with E-state index in [1.165, 1.54) is 0 Å². The number of rotatable bonds is 2. The van der Waals surface area contributed by atoms with Crippen molar-refractivity contribution in [2.45, 2.75) is 6.92 Å². The normalized spacial score (nSPS) is 10.1. The highest BCUT2D eigenvalue weighted by atomic mass is 16.5. The first-order chi connectivity index (χ1) is 6.83. The molecule has 0 aliphatic heterocycles. The van der Waals surface area contributed by atoms with Crippen LogP contribution in [0.4, 0.5) is 0 Å². The fourth-order valence-electron chi connectivity index (χ4n) is 1.46. The highest BCUT2D eigenvalue weighted by molar-refractivity contribution is 5.68. The molecule has 4 nitrogen and oxygen atoms in total. The summed E-state index contributed by atoms with van der Waals surface area (Å²) >= 11 is 0. The molecule has 1 N–H and O–H groups in total. The van der Waals surface area contributed by atoms with Gasteiger partial charge in [0.05, 0.1) is 13.3 Å². The van der Waals surface area contributed by atoms with Gasteiger partial charge in [-0.1, -0.05) is 17.3 Å². The maximum Gasteiger partial charge on any atom is 0.131 e. The molecule has 0 saturated heterocycles. The van der Waals surface area contributed by atoms with Gasteiger partial charge in [-0.2, -0.15) is 0 Å². The smallest absolute Gasteiger partial charge is 0.131 e. The van der Waals surface area contributed by atoms with Crippen LogP contribution in [0.15, 0.2) is 24.4 Å². The quantitative estimate of drug-likeness (QED) is 0.783. The summed E-state index contributed by atoms with van der Waals surface area (Å²) in [6.07, 6.45) is 1.75. The van der Waals surface area contributed by atoms with E-state index in [1.807, 2.05) is 25.1 Å². The lowest BCUT2D eigenvalue weighted by Crippen LogP contribution is -1.91. The van der Waals surface area contributed by atoms with E-state index in [1.54, 1.807) is 13.3 Å². The zero-order chi connectivity index (χ0) is 9.97. The first kappa shape index (κ1) is 8.74. The van der Waals surface area contributed by atoms with E-state index >= 15 is 0 Å². The summed E-state index contributed by atoms with van der Waals surface area (Å²) in [5.41, 5.74) is 2.85. The molecule has 1 aromatic carbocycles. The third-order valence-corrected chi connectivity index (χ3v) is 2.11. The zero-order valence-corrected chi connectivity index (χ0v) is 8.11. The number of aryl methyl sites for hydroxylation is 1. The minimum absolute atomic E-state index is 0.797. The summed E-state index contributed by atoms with van der Waals surface area (Å²) in [5.74, 6) is 0.849. The second kappa shape index (κ2) is 3.49. The molecule has 0 amide bonds. The zero-order valence-electron chi connectivity index (χ0n) is 8.11. The molecular weight excluding hydrogens is 178 g/mol. The number of ether oxygens (including phenoxy) is 1. The second-order valence-electron chi connectivity index (χ2n) is 3.01. The fraction of sp³-hybridized carbons (Fsp3) is 0.200. The Kier molecular flexibility index (Phi) is 2.18. The summed E-state index contributed by atoms with van der Waals surface area (Å²) in [6, 6.07) is 5.94. The van der Waals surface area contributed by atoms with Crippen LogP contribution in [0.25, 0.3) is 11.3 Å². The van der Waals surface area contributed by atoms with Crippen molar-refractivity contribution in [3.63, 3.8) is 0 Å². The molecule has 1 aromatic heterocycles. The van der Waals surface area contributed by atoms with Crippen LogP contribution in [0, 0.1) is 6.92 Å². The third kappa shape index (κ3) is 1.35. The molecule has 14 heavy (non-hydrogen) atoms. The molecule has 0 aliphatic carbocycles. The molecule has 0 spiro atoms. The molecule has 72 valence electrons. The third-order valence-electron chi connectivity index (χ3n) is 2.11. The van der Waals surface area contributed by atoms with Crippen LogP contribution < -0.4 is 4.74 Å². The molecular formula is C10H11N3O. The predicted octanol–water partition coefficient (Wildman–Crippen LogP) is 1.79. The lowest BCUT2D eigenvalue weighted by molar-refractivity contribution is 0.413. The Bertz CT molecular complexity index is 423. The van der Waals surface area contributed by atoms with Crippen molar-refractivity contribution in [2.24, 2.45) is 0 Å². The van der Waals surface area contributed by atoms with E-state index in [9.17, 15) is 0 Å². The van der Waals surface area contributed by atoms with Crippen LogP contribution in [0.5, 0.6) is 5.75 Å². The first-order valence-electron chi connectivity index (χ1n) is 4.33. The SMILES string of the molecule is COc1c(C)cccc1-c1c[nH]nn1. The van der Waals surface area contributed by atoms with Crippen molar-refractivity contribution in [2.75, 3.05) is 7.11 Å². The Hall–Kier alpha value is -1.84. The first-order valence-corrected chi connectivity index (χ1v) is 4.33. The van der Waals surface area contributed by atoms with Gasteiger partial charge in [-0.25, -0.2) is 0 Å². The van der Waals surface area contributed by atoms with Gasteiger partial charge in [-0.3, -0.25) is 5.10 Å². The van der Waals surface area contributed by atoms with Crippen molar-refractivity contribution >= 4 is 0 Å². The molecule has 0 atom stereocenters. The Balaban J connectivity index is 2.58. The number of aromatic nitrogens is 3. The van der Waals surface area contributed by atoms with E-state index in [2.05, 4.69) is 15.4 Å². The number of aromatic amines is 1. The number of H-pyrrole nitrogens is 1. The van der Waals surface area contributed by atoms with Gasteiger partial charge in [-0.15, -0.1) is 5.10 Å². The number of nitrogens with one attached hydrogen (secondary N) is 1. The summed E-state index contributed by atoms with van der Waals surface area (Å²) in [5, 5.41) is 10.3. The number of benzene rings is 1. The van der Waals surface area contributed by atoms with Crippen molar-refractivity contribution < 1.29 is 4.74 Å². The number of methoxy groups -OCH3 is 1. The molecule has 2 aromatic rings. The molecule has 2 rings (SSSR count). The van der Waals surface area contributed by atoms with Crippen LogP contribution in [0.2, 0.25) is 0 Å². The van der Waals surface area contributed by atoms with Crippen LogP contribution in [0.1, 0.15) is 5.56 Å². The van der Waals surface area contributed by atoms with Crippen LogP contribution >= 0.6 is 0 Å². The largest absolute Gasteiger partial charge is 0.496 e. The minimum Gasteiger partial charge on any atom is -0.496 e. The molecule has 0 aliphatic rings. The van der Waals surface area contributed by atoms with Gasteiger partial charge in [0.15, 0.2) is 0 Å². The molecule has 0 fully saturated rings. The molecule has 0 saturated carbocycles. The Morgan fingerprint density at radius 1 is 1.36 bits per heavy atom. The molecule has 4 heteroatoms. The van der Waals surface area contributed by atoms with E-state index in [4.69, 9.17) is 4.74 Å². The fourth-order valence-corrected chi connectivity index (χ4v) is 1.46. The van der Waals surface area contributed by atoms with Gasteiger partial charge in [-0.05, 0) is 18.6 Å². The van der Waals surface area contributed by atoms with Gasteiger partial charge < -0.3 is 4.74 Å². The van der Waals surface area contributed by atoms with Gasteiger partial charge in [0.1, 0.15) is 11.4 Å². The molecule has 0 unspecified atom stereocenters. The van der Waals surface area contributed by atoms with Crippen molar-refractivity contribution in [1.82, 2.24) is 15.4 Å². The van der Waals surface area contributed by atoms with Crippen molar-refractivity contribution in [1.29, 1.82) is 0 Å². The monoisotopic (exact) mass is 189 g/mol. The van der Waals surface area contributed by atoms with E-state index in [0.717, 1.165) is 22.6 Å². The Labute approximate surface area is 81.9 Å². The minimum atomic E-state index is 0.797. The average molecular weight is 189 g/mol. The lowest BCUT2D eigenvalue weighted by atomic mass is 10.1. The van der Waals surface area contributed by atoms with Gasteiger partial charge in [0, 0.05) is 5.56 Å². The van der Waals surface area contributed by atoms with Crippen LogP contribution in [-0.4, -0.2) is 22.5 Å². The van der Waals surface area contributed by atoms with Gasteiger partial charge >= 0.3 is 0 Å². The number of hydrogen-bond acceptors (Lipinski definition) is 3. The van der Waals surface area contributed by atoms with Crippen molar-refractivity contribution in [3.05, 3.63) is 30.0 Å². The second-order valence-corrected chi connectivity index (χ2v) is 3.01. The standard InChI is InChI=1S/C10H11N3O/c1-7-4-3-5-8(10(7)14-2)9-6-11-13-12-9/h3-6H,1-2H3,(H,11,12,13). The van der Waals surface area contributed by atoms with E-state index in [0.29, 0.717) is 0 Å². The summed E-state index contributed by atoms with van der Waals surface area (Å²) < 4.78 is 5.32. The van der Waals surface area contributed by atoms with Crippen LogP contribution in [0.3, 0.4) is 0 Å². The lowest BCUT2D eigenvalue weighted by Gasteiger charge is -2.08. The highest BCUT2D eigenvalue weighted by Gasteiger charge is 2.09. The van der Waals surface area contributed by atoms with E-state index in [-0.39, 0.29) is 0 Å². The predicted molar refractivity (Wildman–Crippen MR) is 53.1 cm³/mol. The average Bonchev–Trinajstić information content (AvgIpc) is 2.70. The summed E-state index contributed by atoms with van der Waals surface area (Å²) in [6.45, 7) is 2.00. The van der Waals surface area contributed by atoms with Gasteiger partial charge in [0.25, 0.3) is 0 Å². The molecule has 0 radical (unpaired) electrons. The van der Waals surface area contributed by atoms with E-state index < -0.39 is 0 Å².